The molecule has 2 rings (SSSR count). The SMILES string of the molecule is CC1(C)C(/C=C(\Cl)C(F)(F)F)C1C(=O)OCc1c(F)cccc1Cl. The molecule has 1 fully saturated rings. The van der Waals surface area contributed by atoms with Crippen LogP contribution < -0.4 is 0 Å². The minimum atomic E-state index is -4.66. The summed E-state index contributed by atoms with van der Waals surface area (Å²) >= 11 is 11.0. The van der Waals surface area contributed by atoms with Crippen LogP contribution in [0, 0.1) is 23.1 Å². The van der Waals surface area contributed by atoms with Crippen LogP contribution in [0.3, 0.4) is 0 Å². The third-order valence-corrected chi connectivity index (χ3v) is 4.88. The summed E-state index contributed by atoms with van der Waals surface area (Å²) in [6.07, 6.45) is -3.83. The molecule has 8 heteroatoms. The monoisotopic (exact) mass is 384 g/mol. The lowest BCUT2D eigenvalue weighted by Crippen LogP contribution is -2.11. The van der Waals surface area contributed by atoms with Gasteiger partial charge in [-0.05, 0) is 23.5 Å². The summed E-state index contributed by atoms with van der Waals surface area (Å²) in [5, 5.41) is -1.16. The van der Waals surface area contributed by atoms with Gasteiger partial charge in [-0.1, -0.05) is 49.2 Å². The Labute approximate surface area is 146 Å². The van der Waals surface area contributed by atoms with E-state index in [9.17, 15) is 22.4 Å². The maximum atomic E-state index is 13.6. The molecule has 0 amide bonds. The zero-order valence-electron chi connectivity index (χ0n) is 12.8. The second-order valence-electron chi connectivity index (χ2n) is 6.15. The highest BCUT2D eigenvalue weighted by Gasteiger charge is 2.62. The van der Waals surface area contributed by atoms with E-state index in [1.165, 1.54) is 18.2 Å². The fourth-order valence-electron chi connectivity index (χ4n) is 2.59. The van der Waals surface area contributed by atoms with Crippen LogP contribution in [0.2, 0.25) is 5.02 Å². The van der Waals surface area contributed by atoms with Gasteiger partial charge in [0, 0.05) is 5.56 Å². The third kappa shape index (κ3) is 3.86. The molecule has 2 nitrogen and oxygen atoms in total. The zero-order valence-corrected chi connectivity index (χ0v) is 14.3. The Morgan fingerprint density at radius 2 is 2.00 bits per heavy atom. The summed E-state index contributed by atoms with van der Waals surface area (Å²) in [4.78, 5) is 12.1. The van der Waals surface area contributed by atoms with Gasteiger partial charge in [0.25, 0.3) is 0 Å². The van der Waals surface area contributed by atoms with E-state index in [0.29, 0.717) is 0 Å². The molecular formula is C16H14Cl2F4O2. The number of hydrogen-bond donors (Lipinski definition) is 0. The molecule has 1 saturated carbocycles. The number of allylic oxidation sites excluding steroid dienone is 2. The molecule has 2 atom stereocenters. The fraction of sp³-hybridized carbons (Fsp3) is 0.438. The van der Waals surface area contributed by atoms with Gasteiger partial charge < -0.3 is 4.74 Å². The van der Waals surface area contributed by atoms with Gasteiger partial charge in [0.2, 0.25) is 0 Å². The summed E-state index contributed by atoms with van der Waals surface area (Å²) in [5.41, 5.74) is -0.701. The molecule has 0 aromatic heterocycles. The average Bonchev–Trinajstić information content (AvgIpc) is 2.98. The summed E-state index contributed by atoms with van der Waals surface area (Å²) in [6, 6.07) is 4.03. The lowest BCUT2D eigenvalue weighted by Gasteiger charge is -2.08. The molecule has 0 bridgehead atoms. The van der Waals surface area contributed by atoms with E-state index in [-0.39, 0.29) is 17.2 Å². The topological polar surface area (TPSA) is 26.3 Å². The Kier molecular flexibility index (Phi) is 5.21. The summed E-state index contributed by atoms with van der Waals surface area (Å²) < 4.78 is 56.2. The Morgan fingerprint density at radius 3 is 2.54 bits per heavy atom. The second kappa shape index (κ2) is 6.56. The first-order valence-corrected chi connectivity index (χ1v) is 7.76. The Balaban J connectivity index is 2.06. The predicted molar refractivity (Wildman–Crippen MR) is 82.0 cm³/mol. The zero-order chi connectivity index (χ0) is 18.3. The molecule has 132 valence electrons. The van der Waals surface area contributed by atoms with Crippen molar-refractivity contribution in [1.82, 2.24) is 0 Å². The van der Waals surface area contributed by atoms with Crippen LogP contribution in [0.4, 0.5) is 17.6 Å². The smallest absolute Gasteiger partial charge is 0.426 e. The minimum absolute atomic E-state index is 0.0198. The number of benzene rings is 1. The van der Waals surface area contributed by atoms with Crippen molar-refractivity contribution in [3.8, 4) is 0 Å². The van der Waals surface area contributed by atoms with Crippen LogP contribution >= 0.6 is 23.2 Å². The van der Waals surface area contributed by atoms with Crippen molar-refractivity contribution in [1.29, 1.82) is 0 Å². The molecule has 0 N–H and O–H groups in total. The van der Waals surface area contributed by atoms with Crippen molar-refractivity contribution in [2.24, 2.45) is 17.3 Å². The van der Waals surface area contributed by atoms with E-state index in [1.54, 1.807) is 13.8 Å². The van der Waals surface area contributed by atoms with Crippen molar-refractivity contribution in [2.75, 3.05) is 0 Å². The van der Waals surface area contributed by atoms with Crippen LogP contribution in [0.5, 0.6) is 0 Å². The number of alkyl halides is 3. The van der Waals surface area contributed by atoms with Crippen LogP contribution in [-0.4, -0.2) is 12.1 Å². The molecule has 24 heavy (non-hydrogen) atoms. The number of esters is 1. The summed E-state index contributed by atoms with van der Waals surface area (Å²) in [5.74, 6) is -2.82. The molecule has 0 spiro atoms. The van der Waals surface area contributed by atoms with Gasteiger partial charge in [-0.25, -0.2) is 4.39 Å². The standard InChI is InChI=1S/C16H14Cl2F4O2/c1-15(2)9(6-12(18)16(20,21)22)13(15)14(23)24-7-8-10(17)4-3-5-11(8)19/h3-6,9,13H,7H2,1-2H3/b12-6-. The quantitative estimate of drug-likeness (QED) is 0.507. The first-order valence-electron chi connectivity index (χ1n) is 7.00. The van der Waals surface area contributed by atoms with E-state index < -0.39 is 40.2 Å². The number of hydrogen-bond acceptors (Lipinski definition) is 2. The predicted octanol–water partition coefficient (Wildman–Crippen LogP) is 5.48. The number of ether oxygens (including phenoxy) is 1. The van der Waals surface area contributed by atoms with E-state index in [1.807, 2.05) is 0 Å². The number of halogens is 6. The van der Waals surface area contributed by atoms with Crippen molar-refractivity contribution in [2.45, 2.75) is 26.6 Å². The van der Waals surface area contributed by atoms with Crippen LogP contribution in [-0.2, 0) is 16.1 Å². The van der Waals surface area contributed by atoms with Gasteiger partial charge in [-0.15, -0.1) is 0 Å². The lowest BCUT2D eigenvalue weighted by atomic mass is 10.1. The Morgan fingerprint density at radius 1 is 1.38 bits per heavy atom. The van der Waals surface area contributed by atoms with E-state index in [0.717, 1.165) is 6.08 Å². The van der Waals surface area contributed by atoms with Gasteiger partial charge in [-0.3, -0.25) is 4.79 Å². The van der Waals surface area contributed by atoms with Crippen LogP contribution in [0.25, 0.3) is 0 Å². The fourth-order valence-corrected chi connectivity index (χ4v) is 2.95. The van der Waals surface area contributed by atoms with Gasteiger partial charge >= 0.3 is 12.1 Å². The maximum absolute atomic E-state index is 13.6. The van der Waals surface area contributed by atoms with E-state index in [4.69, 9.17) is 27.9 Å². The molecule has 0 aliphatic heterocycles. The minimum Gasteiger partial charge on any atom is -0.460 e. The first-order chi connectivity index (χ1) is 11.0. The Bertz CT molecular complexity index is 663. The lowest BCUT2D eigenvalue weighted by molar-refractivity contribution is -0.147. The molecule has 0 radical (unpaired) electrons. The van der Waals surface area contributed by atoms with E-state index in [2.05, 4.69) is 0 Å². The average molecular weight is 385 g/mol. The third-order valence-electron chi connectivity index (χ3n) is 4.18. The van der Waals surface area contributed by atoms with Gasteiger partial charge in [0.1, 0.15) is 17.5 Å². The largest absolute Gasteiger partial charge is 0.460 e. The number of carbonyl (C=O) groups is 1. The van der Waals surface area contributed by atoms with Crippen molar-refractivity contribution in [3.05, 3.63) is 45.7 Å². The molecule has 0 heterocycles. The van der Waals surface area contributed by atoms with Gasteiger partial charge in [0.15, 0.2) is 0 Å². The van der Waals surface area contributed by atoms with Gasteiger partial charge in [-0.2, -0.15) is 13.2 Å². The van der Waals surface area contributed by atoms with Crippen molar-refractivity contribution in [3.63, 3.8) is 0 Å². The van der Waals surface area contributed by atoms with E-state index >= 15 is 0 Å². The molecular weight excluding hydrogens is 371 g/mol. The molecule has 1 aromatic rings. The highest BCUT2D eigenvalue weighted by atomic mass is 35.5. The van der Waals surface area contributed by atoms with Crippen molar-refractivity contribution < 1.29 is 27.1 Å². The van der Waals surface area contributed by atoms with Gasteiger partial charge in [0.05, 0.1) is 10.9 Å². The normalized spacial score (nSPS) is 23.1. The highest BCUT2D eigenvalue weighted by Crippen LogP contribution is 2.60. The first kappa shape index (κ1) is 19.1. The summed E-state index contributed by atoms with van der Waals surface area (Å²) in [6.45, 7) is 2.88. The summed E-state index contributed by atoms with van der Waals surface area (Å²) in [7, 11) is 0. The molecule has 1 aliphatic rings. The second-order valence-corrected chi connectivity index (χ2v) is 6.96. The number of carbonyl (C=O) groups excluding carboxylic acids is 1. The van der Waals surface area contributed by atoms with Crippen molar-refractivity contribution >= 4 is 29.2 Å². The Hall–Kier alpha value is -1.27. The maximum Gasteiger partial charge on any atom is 0.426 e. The van der Waals surface area contributed by atoms with Crippen LogP contribution in [0.15, 0.2) is 29.3 Å². The van der Waals surface area contributed by atoms with Crippen LogP contribution in [0.1, 0.15) is 19.4 Å². The molecule has 0 saturated heterocycles. The highest BCUT2D eigenvalue weighted by molar-refractivity contribution is 6.31. The molecule has 1 aliphatic carbocycles. The molecule has 1 aromatic carbocycles. The molecule has 2 unspecified atom stereocenters. The number of rotatable bonds is 4.